The first-order chi connectivity index (χ1) is 9.79. The molecule has 0 aliphatic carbocycles. The minimum absolute atomic E-state index is 0.115. The van der Waals surface area contributed by atoms with Gasteiger partial charge in [0.05, 0.1) is 12.0 Å². The van der Waals surface area contributed by atoms with Crippen molar-refractivity contribution in [1.29, 1.82) is 0 Å². The van der Waals surface area contributed by atoms with Gasteiger partial charge in [0.2, 0.25) is 0 Å². The highest BCUT2D eigenvalue weighted by molar-refractivity contribution is 6.33. The van der Waals surface area contributed by atoms with E-state index in [1.807, 2.05) is 16.8 Å². The number of fused-ring (bicyclic) bond motifs is 2. The van der Waals surface area contributed by atoms with E-state index in [1.165, 1.54) is 6.33 Å². The molecule has 2 fully saturated rings. The Morgan fingerprint density at radius 3 is 3.05 bits per heavy atom. The first-order valence-electron chi connectivity index (χ1n) is 6.26. The molecule has 0 amide bonds. The zero-order chi connectivity index (χ0) is 13.7. The molecule has 7 nitrogen and oxygen atoms in total. The van der Waals surface area contributed by atoms with Crippen LogP contribution in [0.15, 0.2) is 18.6 Å². The predicted molar refractivity (Wildman–Crippen MR) is 68.1 cm³/mol. The van der Waals surface area contributed by atoms with E-state index in [1.54, 1.807) is 0 Å². The van der Waals surface area contributed by atoms with Crippen LogP contribution < -0.4 is 0 Å². The Hall–Kier alpha value is -1.25. The van der Waals surface area contributed by atoms with E-state index < -0.39 is 12.3 Å². The van der Waals surface area contributed by atoms with Gasteiger partial charge in [-0.1, -0.05) is 11.6 Å². The molecule has 4 rings (SSSR count). The molecule has 0 bridgehead atoms. The van der Waals surface area contributed by atoms with Crippen molar-refractivity contribution >= 4 is 22.6 Å². The summed E-state index contributed by atoms with van der Waals surface area (Å²) in [5, 5.41) is 10.5. The van der Waals surface area contributed by atoms with Crippen LogP contribution in [0.4, 0.5) is 0 Å². The number of aromatic nitrogens is 3. The lowest BCUT2D eigenvalue weighted by molar-refractivity contribution is -0.108. The van der Waals surface area contributed by atoms with Crippen molar-refractivity contribution in [3.63, 3.8) is 0 Å². The van der Waals surface area contributed by atoms with Crippen LogP contribution in [-0.2, 0) is 14.2 Å². The van der Waals surface area contributed by atoms with Crippen LogP contribution in [0.5, 0.6) is 0 Å². The van der Waals surface area contributed by atoms with Crippen LogP contribution in [0.1, 0.15) is 6.23 Å². The SMILES string of the molecule is OC[C@H]1O[C@@H](n2ccc3c(Cl)ncnc32)[C@@H]2OCO[C@@H]21. The zero-order valence-corrected chi connectivity index (χ0v) is 11.1. The number of aliphatic hydroxyl groups is 1. The lowest BCUT2D eigenvalue weighted by Crippen LogP contribution is -2.30. The van der Waals surface area contributed by atoms with Crippen molar-refractivity contribution in [2.45, 2.75) is 24.5 Å². The standard InChI is InChI=1S/C12H12ClN3O4/c13-10-6-1-2-16(11(6)15-4-14-10)12-9-8(18-5-19-9)7(3-17)20-12/h1-2,4,7-9,12,17H,3,5H2/t7-,8-,9-,12-/m1/s1. The minimum atomic E-state index is -0.401. The van der Waals surface area contributed by atoms with Gasteiger partial charge in [0.25, 0.3) is 0 Å². The fourth-order valence-corrected chi connectivity index (χ4v) is 2.99. The monoisotopic (exact) mass is 297 g/mol. The van der Waals surface area contributed by atoms with Gasteiger partial charge in [-0.05, 0) is 6.07 Å². The molecule has 8 heteroatoms. The molecular weight excluding hydrogens is 286 g/mol. The van der Waals surface area contributed by atoms with Crippen molar-refractivity contribution in [1.82, 2.24) is 14.5 Å². The van der Waals surface area contributed by atoms with Crippen molar-refractivity contribution in [3.05, 3.63) is 23.7 Å². The van der Waals surface area contributed by atoms with Crippen LogP contribution in [0.3, 0.4) is 0 Å². The summed E-state index contributed by atoms with van der Waals surface area (Å²) in [5.74, 6) is 0. The maximum absolute atomic E-state index is 9.37. The summed E-state index contributed by atoms with van der Waals surface area (Å²) in [7, 11) is 0. The first kappa shape index (κ1) is 12.5. The lowest BCUT2D eigenvalue weighted by atomic mass is 10.1. The third kappa shape index (κ3) is 1.68. The molecule has 2 saturated heterocycles. The average Bonchev–Trinajstić information content (AvgIpc) is 3.12. The highest BCUT2D eigenvalue weighted by atomic mass is 35.5. The van der Waals surface area contributed by atoms with Gasteiger partial charge < -0.3 is 23.9 Å². The summed E-state index contributed by atoms with van der Waals surface area (Å²) in [6.45, 7) is 0.0939. The number of hydrogen-bond acceptors (Lipinski definition) is 6. The van der Waals surface area contributed by atoms with Crippen molar-refractivity contribution < 1.29 is 19.3 Å². The summed E-state index contributed by atoms with van der Waals surface area (Å²) in [6.07, 6.45) is 1.90. The molecule has 0 radical (unpaired) electrons. The minimum Gasteiger partial charge on any atom is -0.394 e. The highest BCUT2D eigenvalue weighted by Crippen LogP contribution is 2.38. The topological polar surface area (TPSA) is 78.6 Å². The van der Waals surface area contributed by atoms with Gasteiger partial charge in [0, 0.05) is 6.20 Å². The van der Waals surface area contributed by atoms with Gasteiger partial charge in [-0.25, -0.2) is 9.97 Å². The van der Waals surface area contributed by atoms with Crippen LogP contribution in [0.2, 0.25) is 5.15 Å². The molecule has 4 heterocycles. The quantitative estimate of drug-likeness (QED) is 0.823. The molecule has 0 unspecified atom stereocenters. The number of hydrogen-bond donors (Lipinski definition) is 1. The molecule has 2 aliphatic rings. The summed E-state index contributed by atoms with van der Waals surface area (Å²) >= 11 is 6.04. The predicted octanol–water partition coefficient (Wildman–Crippen LogP) is 0.716. The number of ether oxygens (including phenoxy) is 3. The number of rotatable bonds is 2. The smallest absolute Gasteiger partial charge is 0.164 e. The summed E-state index contributed by atoms with van der Waals surface area (Å²) in [4.78, 5) is 8.19. The molecule has 2 aromatic heterocycles. The second-order valence-corrected chi connectivity index (χ2v) is 5.11. The molecule has 106 valence electrons. The number of nitrogens with zero attached hydrogens (tertiary/aromatic N) is 3. The van der Waals surface area contributed by atoms with Gasteiger partial charge in [-0.15, -0.1) is 0 Å². The van der Waals surface area contributed by atoms with Crippen molar-refractivity contribution in [2.75, 3.05) is 13.4 Å². The van der Waals surface area contributed by atoms with Gasteiger partial charge in [-0.2, -0.15) is 0 Å². The van der Waals surface area contributed by atoms with Crippen molar-refractivity contribution in [2.24, 2.45) is 0 Å². The first-order valence-corrected chi connectivity index (χ1v) is 6.64. The Morgan fingerprint density at radius 2 is 2.20 bits per heavy atom. The lowest BCUT2D eigenvalue weighted by Gasteiger charge is -2.18. The van der Waals surface area contributed by atoms with Gasteiger partial charge >= 0.3 is 0 Å². The largest absolute Gasteiger partial charge is 0.394 e. The van der Waals surface area contributed by atoms with Gasteiger partial charge in [0.15, 0.2) is 6.23 Å². The van der Waals surface area contributed by atoms with E-state index in [0.29, 0.717) is 10.8 Å². The molecule has 2 aliphatic heterocycles. The molecular formula is C12H12ClN3O4. The molecule has 0 spiro atoms. The zero-order valence-electron chi connectivity index (χ0n) is 10.3. The molecule has 0 aromatic carbocycles. The molecule has 2 aromatic rings. The van der Waals surface area contributed by atoms with E-state index >= 15 is 0 Å². The van der Waals surface area contributed by atoms with Gasteiger partial charge in [-0.3, -0.25) is 0 Å². The Morgan fingerprint density at radius 1 is 1.35 bits per heavy atom. The third-order valence-electron chi connectivity index (χ3n) is 3.72. The Balaban J connectivity index is 1.78. The van der Waals surface area contributed by atoms with E-state index in [0.717, 1.165) is 5.39 Å². The summed E-state index contributed by atoms with van der Waals surface area (Å²) in [6, 6.07) is 1.83. The second-order valence-electron chi connectivity index (χ2n) is 4.75. The number of halogens is 1. The number of aliphatic hydroxyl groups excluding tert-OH is 1. The van der Waals surface area contributed by atoms with Crippen molar-refractivity contribution in [3.8, 4) is 0 Å². The maximum Gasteiger partial charge on any atom is 0.164 e. The highest BCUT2D eigenvalue weighted by Gasteiger charge is 2.50. The van der Waals surface area contributed by atoms with E-state index in [9.17, 15) is 5.11 Å². The van der Waals surface area contributed by atoms with E-state index in [-0.39, 0.29) is 25.6 Å². The maximum atomic E-state index is 9.37. The fourth-order valence-electron chi connectivity index (χ4n) is 2.80. The van der Waals surface area contributed by atoms with E-state index in [2.05, 4.69) is 9.97 Å². The molecule has 20 heavy (non-hydrogen) atoms. The normalized spacial score (nSPS) is 32.9. The fraction of sp³-hybridized carbons (Fsp3) is 0.500. The van der Waals surface area contributed by atoms with Crippen LogP contribution in [0.25, 0.3) is 11.0 Å². The Kier molecular flexibility index (Phi) is 2.90. The average molecular weight is 298 g/mol. The Bertz CT molecular complexity index is 649. The molecule has 1 N–H and O–H groups in total. The second kappa shape index (κ2) is 4.64. The van der Waals surface area contributed by atoms with Crippen LogP contribution in [-0.4, -0.2) is 51.4 Å². The van der Waals surface area contributed by atoms with Crippen LogP contribution >= 0.6 is 11.6 Å². The summed E-state index contributed by atoms with van der Waals surface area (Å²) in [5.41, 5.74) is 0.669. The van der Waals surface area contributed by atoms with E-state index in [4.69, 9.17) is 25.8 Å². The van der Waals surface area contributed by atoms with Gasteiger partial charge in [0.1, 0.15) is 42.2 Å². The third-order valence-corrected chi connectivity index (χ3v) is 4.02. The summed E-state index contributed by atoms with van der Waals surface area (Å²) < 4.78 is 18.7. The Labute approximate surface area is 119 Å². The molecule has 4 atom stereocenters. The molecule has 0 saturated carbocycles. The van der Waals surface area contributed by atoms with Crippen LogP contribution in [0, 0.1) is 0 Å².